The normalized spacial score (nSPS) is 27.4. The van der Waals surface area contributed by atoms with Crippen LogP contribution in [-0.4, -0.2) is 73.7 Å². The van der Waals surface area contributed by atoms with Gasteiger partial charge in [0.1, 0.15) is 0 Å². The number of hydrogen-bond donors (Lipinski definition) is 3. The van der Waals surface area contributed by atoms with Crippen LogP contribution in [0.1, 0.15) is 39.5 Å². The molecule has 0 spiro atoms. The Balaban J connectivity index is 1.59. The number of hydrogen-bond acceptors (Lipinski definition) is 9. The van der Waals surface area contributed by atoms with E-state index in [2.05, 4.69) is 44.7 Å². The van der Waals surface area contributed by atoms with E-state index in [-0.39, 0.29) is 0 Å². The lowest BCUT2D eigenvalue weighted by Gasteiger charge is -2.27. The maximum atomic E-state index is 5.64. The maximum absolute atomic E-state index is 5.64. The summed E-state index contributed by atoms with van der Waals surface area (Å²) in [5, 5.41) is 10.0. The van der Waals surface area contributed by atoms with Crippen molar-refractivity contribution in [1.29, 1.82) is 0 Å². The number of ether oxygens (including phenoxy) is 3. The van der Waals surface area contributed by atoms with E-state index < -0.39 is 0 Å². The molecule has 0 radical (unpaired) electrons. The Labute approximate surface area is 173 Å². The molecule has 1 aromatic heterocycles. The predicted octanol–water partition coefficient (Wildman–Crippen LogP) is 2.38. The minimum atomic E-state index is 0.319. The molecule has 164 valence electrons. The van der Waals surface area contributed by atoms with E-state index >= 15 is 0 Å². The number of methoxy groups -OCH3 is 1. The molecule has 2 fully saturated rings. The zero-order valence-corrected chi connectivity index (χ0v) is 17.9. The van der Waals surface area contributed by atoms with E-state index in [0.29, 0.717) is 55.0 Å². The van der Waals surface area contributed by atoms with Gasteiger partial charge in [-0.25, -0.2) is 0 Å². The highest BCUT2D eigenvalue weighted by atomic mass is 16.5. The molecule has 3 N–H and O–H groups in total. The van der Waals surface area contributed by atoms with E-state index in [1.165, 1.54) is 0 Å². The van der Waals surface area contributed by atoms with E-state index in [1.54, 1.807) is 7.11 Å². The van der Waals surface area contributed by atoms with Crippen molar-refractivity contribution >= 4 is 17.8 Å². The fourth-order valence-electron chi connectivity index (χ4n) is 3.90. The molecule has 2 saturated heterocycles. The van der Waals surface area contributed by atoms with Gasteiger partial charge in [-0.1, -0.05) is 0 Å². The Morgan fingerprint density at radius 3 is 1.76 bits per heavy atom. The molecule has 4 atom stereocenters. The zero-order valence-electron chi connectivity index (χ0n) is 17.9. The Morgan fingerprint density at radius 2 is 1.31 bits per heavy atom. The first-order valence-corrected chi connectivity index (χ1v) is 10.8. The van der Waals surface area contributed by atoms with Crippen molar-refractivity contribution in [2.75, 3.05) is 62.5 Å². The molecule has 9 nitrogen and oxygen atoms in total. The van der Waals surface area contributed by atoms with Crippen molar-refractivity contribution in [2.24, 2.45) is 11.8 Å². The Bertz CT molecular complexity index is 576. The van der Waals surface area contributed by atoms with Gasteiger partial charge < -0.3 is 30.2 Å². The summed E-state index contributed by atoms with van der Waals surface area (Å²) < 4.78 is 16.4. The highest BCUT2D eigenvalue weighted by molar-refractivity contribution is 5.42. The van der Waals surface area contributed by atoms with Crippen LogP contribution in [0.2, 0.25) is 0 Å². The average molecular weight is 409 g/mol. The van der Waals surface area contributed by atoms with E-state index in [4.69, 9.17) is 14.2 Å². The van der Waals surface area contributed by atoms with E-state index in [0.717, 1.165) is 52.0 Å². The Morgan fingerprint density at radius 1 is 0.828 bits per heavy atom. The molecule has 0 bridgehead atoms. The standard InChI is InChI=1S/C20H36N6O3/c1-14-10-16(4-7-28-14)12-22-19-24-18(21-6-9-27-3)25-20(26-19)23-13-17-5-8-29-15(2)11-17/h14-17H,4-13H2,1-3H3,(H3,21,22,23,24,25,26). The summed E-state index contributed by atoms with van der Waals surface area (Å²) in [6.45, 7) is 8.83. The SMILES string of the molecule is COCCNc1nc(NCC2CCOC(C)C2)nc(NCC2CCOC(C)C2)n1. The van der Waals surface area contributed by atoms with Gasteiger partial charge in [0.2, 0.25) is 17.8 Å². The van der Waals surface area contributed by atoms with Crippen LogP contribution in [0.25, 0.3) is 0 Å². The third-order valence-corrected chi connectivity index (χ3v) is 5.51. The summed E-state index contributed by atoms with van der Waals surface area (Å²) in [5.41, 5.74) is 0. The summed E-state index contributed by atoms with van der Waals surface area (Å²) in [4.78, 5) is 13.6. The first-order valence-electron chi connectivity index (χ1n) is 10.8. The van der Waals surface area contributed by atoms with Crippen molar-refractivity contribution < 1.29 is 14.2 Å². The van der Waals surface area contributed by atoms with Crippen LogP contribution >= 0.6 is 0 Å². The van der Waals surface area contributed by atoms with E-state index in [9.17, 15) is 0 Å². The second-order valence-electron chi connectivity index (χ2n) is 8.13. The molecular formula is C20H36N6O3. The van der Waals surface area contributed by atoms with Crippen LogP contribution in [0.4, 0.5) is 17.8 Å². The molecule has 1 aromatic rings. The molecule has 4 unspecified atom stereocenters. The molecule has 0 aromatic carbocycles. The monoisotopic (exact) mass is 408 g/mol. The lowest BCUT2D eigenvalue weighted by atomic mass is 9.96. The molecule has 3 heterocycles. The van der Waals surface area contributed by atoms with Crippen LogP contribution in [0.3, 0.4) is 0 Å². The lowest BCUT2D eigenvalue weighted by molar-refractivity contribution is 0.00541. The summed E-state index contributed by atoms with van der Waals surface area (Å²) in [6, 6.07) is 0. The molecule has 0 amide bonds. The van der Waals surface area contributed by atoms with Crippen molar-refractivity contribution in [3.63, 3.8) is 0 Å². The summed E-state index contributed by atoms with van der Waals surface area (Å²) in [6.07, 6.45) is 4.88. The van der Waals surface area contributed by atoms with Crippen LogP contribution in [0.5, 0.6) is 0 Å². The average Bonchev–Trinajstić information content (AvgIpc) is 2.71. The maximum Gasteiger partial charge on any atom is 0.229 e. The van der Waals surface area contributed by atoms with Gasteiger partial charge in [0.15, 0.2) is 0 Å². The number of nitrogens with one attached hydrogen (secondary N) is 3. The van der Waals surface area contributed by atoms with Gasteiger partial charge in [0.25, 0.3) is 0 Å². The number of anilines is 3. The highest BCUT2D eigenvalue weighted by Crippen LogP contribution is 2.22. The van der Waals surface area contributed by atoms with Crippen molar-refractivity contribution in [2.45, 2.75) is 51.7 Å². The van der Waals surface area contributed by atoms with Crippen LogP contribution in [0, 0.1) is 11.8 Å². The third-order valence-electron chi connectivity index (χ3n) is 5.51. The quantitative estimate of drug-likeness (QED) is 0.504. The number of rotatable bonds is 10. The van der Waals surface area contributed by atoms with Gasteiger partial charge in [-0.05, 0) is 51.4 Å². The van der Waals surface area contributed by atoms with Crippen molar-refractivity contribution in [3.05, 3.63) is 0 Å². The van der Waals surface area contributed by atoms with Crippen LogP contribution in [-0.2, 0) is 14.2 Å². The minimum absolute atomic E-state index is 0.319. The largest absolute Gasteiger partial charge is 0.383 e. The van der Waals surface area contributed by atoms with Crippen molar-refractivity contribution in [1.82, 2.24) is 15.0 Å². The van der Waals surface area contributed by atoms with Gasteiger partial charge in [-0.3, -0.25) is 0 Å². The van der Waals surface area contributed by atoms with Gasteiger partial charge in [0, 0.05) is 40.0 Å². The highest BCUT2D eigenvalue weighted by Gasteiger charge is 2.21. The number of aromatic nitrogens is 3. The van der Waals surface area contributed by atoms with Gasteiger partial charge in [-0.2, -0.15) is 15.0 Å². The first kappa shape index (κ1) is 22.0. The van der Waals surface area contributed by atoms with Gasteiger partial charge in [0.05, 0.1) is 18.8 Å². The third kappa shape index (κ3) is 7.56. The second kappa shape index (κ2) is 11.5. The summed E-state index contributed by atoms with van der Waals surface area (Å²) >= 11 is 0. The fourth-order valence-corrected chi connectivity index (χ4v) is 3.90. The van der Waals surface area contributed by atoms with E-state index in [1.807, 2.05) is 0 Å². The summed E-state index contributed by atoms with van der Waals surface area (Å²) in [5.74, 6) is 2.90. The smallest absolute Gasteiger partial charge is 0.229 e. The molecule has 2 aliphatic heterocycles. The number of nitrogens with zero attached hydrogens (tertiary/aromatic N) is 3. The van der Waals surface area contributed by atoms with Crippen LogP contribution < -0.4 is 16.0 Å². The molecular weight excluding hydrogens is 372 g/mol. The molecule has 3 rings (SSSR count). The first-order chi connectivity index (χ1) is 14.1. The molecule has 0 saturated carbocycles. The Kier molecular flexibility index (Phi) is 8.69. The minimum Gasteiger partial charge on any atom is -0.383 e. The second-order valence-corrected chi connectivity index (χ2v) is 8.13. The van der Waals surface area contributed by atoms with Crippen molar-refractivity contribution in [3.8, 4) is 0 Å². The van der Waals surface area contributed by atoms with Crippen LogP contribution in [0.15, 0.2) is 0 Å². The zero-order chi connectivity index (χ0) is 20.5. The molecule has 29 heavy (non-hydrogen) atoms. The summed E-state index contributed by atoms with van der Waals surface area (Å²) in [7, 11) is 1.68. The molecule has 2 aliphatic rings. The lowest BCUT2D eigenvalue weighted by Crippen LogP contribution is -2.29. The molecule has 9 heteroatoms. The topological polar surface area (TPSA) is 102 Å². The molecule has 0 aliphatic carbocycles. The van der Waals surface area contributed by atoms with Gasteiger partial charge in [-0.15, -0.1) is 0 Å². The Hall–Kier alpha value is -1.71. The van der Waals surface area contributed by atoms with Gasteiger partial charge >= 0.3 is 0 Å². The predicted molar refractivity (Wildman–Crippen MR) is 113 cm³/mol. The fraction of sp³-hybridized carbons (Fsp3) is 0.850.